The molecule has 146 valence electrons. The molecule has 1 aromatic carbocycles. The molecule has 3 atom stereocenters. The summed E-state index contributed by atoms with van der Waals surface area (Å²) in [5, 5.41) is 23.4. The standard InChI is InChI=1S/C21H26BrFN2O2/c1-12-16(11-24)18(15-7-6-14(23)10-17(15)22)21(19(26)27,13(2)25-12)9-8-20(3,4)5/h6-7,10,13,18,25H,8-9H2,1-5H3,(H,26,27). The molecule has 2 N–H and O–H groups in total. The maximum Gasteiger partial charge on any atom is 0.312 e. The number of carboxylic acids is 1. The van der Waals surface area contributed by atoms with E-state index in [4.69, 9.17) is 0 Å². The Bertz CT molecular complexity index is 822. The molecule has 0 spiro atoms. The first-order valence-corrected chi connectivity index (χ1v) is 9.79. The molecule has 0 aliphatic carbocycles. The van der Waals surface area contributed by atoms with E-state index in [0.717, 1.165) is 0 Å². The number of carboxylic acid groups (broad SMARTS) is 1. The molecule has 1 aliphatic heterocycles. The molecule has 1 aliphatic rings. The Labute approximate surface area is 168 Å². The average molecular weight is 437 g/mol. The van der Waals surface area contributed by atoms with Gasteiger partial charge in [-0.15, -0.1) is 0 Å². The quantitative estimate of drug-likeness (QED) is 0.665. The molecule has 0 bridgehead atoms. The third-order valence-corrected chi connectivity index (χ3v) is 6.18. The van der Waals surface area contributed by atoms with Crippen LogP contribution in [0.5, 0.6) is 0 Å². The number of nitriles is 1. The Morgan fingerprint density at radius 2 is 2.07 bits per heavy atom. The zero-order chi connectivity index (χ0) is 20.6. The van der Waals surface area contributed by atoms with Gasteiger partial charge in [-0.05, 0) is 49.8 Å². The average Bonchev–Trinajstić information content (AvgIpc) is 2.52. The van der Waals surface area contributed by atoms with Crippen LogP contribution in [-0.4, -0.2) is 17.1 Å². The molecule has 1 aromatic rings. The second kappa shape index (κ2) is 7.63. The number of halogens is 2. The van der Waals surface area contributed by atoms with Gasteiger partial charge in [-0.25, -0.2) is 4.39 Å². The summed E-state index contributed by atoms with van der Waals surface area (Å²) in [5.74, 6) is -2.04. The number of rotatable bonds is 4. The number of benzene rings is 1. The first-order chi connectivity index (χ1) is 12.4. The molecule has 0 radical (unpaired) electrons. The number of carbonyl (C=O) groups is 1. The van der Waals surface area contributed by atoms with Crippen molar-refractivity contribution >= 4 is 21.9 Å². The largest absolute Gasteiger partial charge is 0.481 e. The summed E-state index contributed by atoms with van der Waals surface area (Å²) in [6.45, 7) is 9.84. The Morgan fingerprint density at radius 1 is 1.44 bits per heavy atom. The highest BCUT2D eigenvalue weighted by molar-refractivity contribution is 9.10. The molecule has 0 aromatic heterocycles. The molecule has 0 saturated carbocycles. The van der Waals surface area contributed by atoms with Gasteiger partial charge >= 0.3 is 5.97 Å². The lowest BCUT2D eigenvalue weighted by molar-refractivity contribution is -0.153. The zero-order valence-electron chi connectivity index (χ0n) is 16.4. The molecule has 0 saturated heterocycles. The van der Waals surface area contributed by atoms with E-state index in [2.05, 4.69) is 48.1 Å². The van der Waals surface area contributed by atoms with E-state index in [-0.39, 0.29) is 5.41 Å². The Kier molecular flexibility index (Phi) is 6.06. The SMILES string of the molecule is CC1=C(C#N)C(c2ccc(F)cc2Br)C(CCC(C)(C)C)(C(=O)O)C(C)N1. The Balaban J connectivity index is 2.76. The number of allylic oxidation sites excluding steroid dienone is 2. The third-order valence-electron chi connectivity index (χ3n) is 5.49. The van der Waals surface area contributed by atoms with Gasteiger partial charge in [0, 0.05) is 22.1 Å². The molecular formula is C21H26BrFN2O2. The van der Waals surface area contributed by atoms with Crippen LogP contribution in [0, 0.1) is 28.0 Å². The minimum absolute atomic E-state index is 0.0598. The van der Waals surface area contributed by atoms with Crippen LogP contribution in [0.4, 0.5) is 4.39 Å². The predicted molar refractivity (Wildman–Crippen MR) is 107 cm³/mol. The van der Waals surface area contributed by atoms with Crippen LogP contribution in [-0.2, 0) is 4.79 Å². The summed E-state index contributed by atoms with van der Waals surface area (Å²) >= 11 is 3.39. The first kappa shape index (κ1) is 21.4. The zero-order valence-corrected chi connectivity index (χ0v) is 17.9. The van der Waals surface area contributed by atoms with Gasteiger partial charge in [-0.2, -0.15) is 5.26 Å². The van der Waals surface area contributed by atoms with Crippen molar-refractivity contribution in [1.29, 1.82) is 5.26 Å². The van der Waals surface area contributed by atoms with Crippen LogP contribution in [0.2, 0.25) is 0 Å². The Morgan fingerprint density at radius 3 is 2.56 bits per heavy atom. The minimum Gasteiger partial charge on any atom is -0.481 e. The Hall–Kier alpha value is -1.87. The number of aliphatic carboxylic acids is 1. The molecule has 1 heterocycles. The van der Waals surface area contributed by atoms with Crippen LogP contribution >= 0.6 is 15.9 Å². The molecular weight excluding hydrogens is 411 g/mol. The number of hydrogen-bond donors (Lipinski definition) is 2. The maximum absolute atomic E-state index is 13.7. The van der Waals surface area contributed by atoms with Gasteiger partial charge in [0.25, 0.3) is 0 Å². The molecule has 6 heteroatoms. The van der Waals surface area contributed by atoms with Crippen LogP contribution in [0.3, 0.4) is 0 Å². The van der Waals surface area contributed by atoms with Gasteiger partial charge in [0.15, 0.2) is 0 Å². The van der Waals surface area contributed by atoms with E-state index in [0.29, 0.717) is 34.1 Å². The fourth-order valence-corrected chi connectivity index (χ4v) is 4.51. The van der Waals surface area contributed by atoms with Gasteiger partial charge in [-0.3, -0.25) is 4.79 Å². The molecule has 0 amide bonds. The lowest BCUT2D eigenvalue weighted by Crippen LogP contribution is -2.56. The fourth-order valence-electron chi connectivity index (χ4n) is 3.93. The first-order valence-electron chi connectivity index (χ1n) is 9.00. The van der Waals surface area contributed by atoms with Gasteiger partial charge in [-0.1, -0.05) is 42.8 Å². The minimum atomic E-state index is -1.22. The molecule has 4 nitrogen and oxygen atoms in total. The number of hydrogen-bond acceptors (Lipinski definition) is 3. The summed E-state index contributed by atoms with van der Waals surface area (Å²) < 4.78 is 14.1. The lowest BCUT2D eigenvalue weighted by Gasteiger charge is -2.47. The summed E-state index contributed by atoms with van der Waals surface area (Å²) in [7, 11) is 0. The second-order valence-electron chi connectivity index (χ2n) is 8.52. The van der Waals surface area contributed by atoms with Crippen LogP contribution < -0.4 is 5.32 Å². The predicted octanol–water partition coefficient (Wildman–Crippen LogP) is 5.36. The number of nitrogens with zero attached hydrogens (tertiary/aromatic N) is 1. The van der Waals surface area contributed by atoms with E-state index < -0.39 is 29.2 Å². The van der Waals surface area contributed by atoms with Gasteiger partial charge in [0.2, 0.25) is 0 Å². The van der Waals surface area contributed by atoms with Crippen molar-refractivity contribution in [3.05, 3.63) is 45.3 Å². The van der Waals surface area contributed by atoms with E-state index in [1.165, 1.54) is 12.1 Å². The maximum atomic E-state index is 13.7. The molecule has 3 unspecified atom stereocenters. The molecule has 0 fully saturated rings. The van der Waals surface area contributed by atoms with Crippen molar-refractivity contribution in [2.24, 2.45) is 10.8 Å². The summed E-state index contributed by atoms with van der Waals surface area (Å²) in [6, 6.07) is 6.04. The lowest BCUT2D eigenvalue weighted by atomic mass is 9.59. The summed E-state index contributed by atoms with van der Waals surface area (Å²) in [6.07, 6.45) is 1.07. The highest BCUT2D eigenvalue weighted by atomic mass is 79.9. The summed E-state index contributed by atoms with van der Waals surface area (Å²) in [5.41, 5.74) is 0.390. The van der Waals surface area contributed by atoms with Crippen LogP contribution in [0.25, 0.3) is 0 Å². The van der Waals surface area contributed by atoms with Crippen LogP contribution in [0.1, 0.15) is 58.9 Å². The second-order valence-corrected chi connectivity index (χ2v) is 9.38. The summed E-state index contributed by atoms with van der Waals surface area (Å²) in [4.78, 5) is 12.7. The fraction of sp³-hybridized carbons (Fsp3) is 0.524. The van der Waals surface area contributed by atoms with E-state index >= 15 is 0 Å². The third kappa shape index (κ3) is 4.03. The van der Waals surface area contributed by atoms with Gasteiger partial charge < -0.3 is 10.4 Å². The van der Waals surface area contributed by atoms with Gasteiger partial charge in [0.1, 0.15) is 5.82 Å². The normalized spacial score (nSPS) is 25.7. The highest BCUT2D eigenvalue weighted by Gasteiger charge is 2.55. The number of nitrogens with one attached hydrogen (secondary N) is 1. The van der Waals surface area contributed by atoms with Gasteiger partial charge in [0.05, 0.1) is 17.1 Å². The van der Waals surface area contributed by atoms with E-state index in [9.17, 15) is 19.6 Å². The van der Waals surface area contributed by atoms with Crippen LogP contribution in [0.15, 0.2) is 33.9 Å². The van der Waals surface area contributed by atoms with Crippen molar-refractivity contribution in [1.82, 2.24) is 5.32 Å². The van der Waals surface area contributed by atoms with E-state index in [1.807, 2.05) is 6.92 Å². The topological polar surface area (TPSA) is 73.1 Å². The van der Waals surface area contributed by atoms with E-state index in [1.54, 1.807) is 13.0 Å². The smallest absolute Gasteiger partial charge is 0.312 e. The van der Waals surface area contributed by atoms with Crippen molar-refractivity contribution in [2.45, 2.75) is 59.4 Å². The molecule has 27 heavy (non-hydrogen) atoms. The van der Waals surface area contributed by atoms with Crippen molar-refractivity contribution in [2.75, 3.05) is 0 Å². The molecule has 2 rings (SSSR count). The monoisotopic (exact) mass is 436 g/mol. The highest BCUT2D eigenvalue weighted by Crippen LogP contribution is 2.53. The van der Waals surface area contributed by atoms with Crippen molar-refractivity contribution in [3.8, 4) is 6.07 Å². The van der Waals surface area contributed by atoms with Crippen molar-refractivity contribution in [3.63, 3.8) is 0 Å². The van der Waals surface area contributed by atoms with Crippen molar-refractivity contribution < 1.29 is 14.3 Å².